The molecule has 3 atom stereocenters. The van der Waals surface area contributed by atoms with E-state index in [1.54, 1.807) is 0 Å². The number of hydrogen-bond donors (Lipinski definition) is 1. The van der Waals surface area contributed by atoms with Gasteiger partial charge in [-0.15, -0.1) is 0 Å². The summed E-state index contributed by atoms with van der Waals surface area (Å²) in [6.45, 7) is 12.2. The maximum Gasteiger partial charge on any atom is 0.283 e. The van der Waals surface area contributed by atoms with Gasteiger partial charge in [0.05, 0.1) is 18.7 Å². The summed E-state index contributed by atoms with van der Waals surface area (Å²) >= 11 is 0. The molecule has 0 aliphatic carbocycles. The summed E-state index contributed by atoms with van der Waals surface area (Å²) < 4.78 is 6.26. The van der Waals surface area contributed by atoms with Crippen molar-refractivity contribution in [1.82, 2.24) is 14.9 Å². The Kier molecular flexibility index (Phi) is 6.77. The molecule has 0 aromatic carbocycles. The molecule has 0 bridgehead atoms. The van der Waals surface area contributed by atoms with Crippen molar-refractivity contribution < 1.29 is 19.5 Å². The van der Waals surface area contributed by atoms with Crippen LogP contribution in [0, 0.1) is 0 Å². The number of likely N-dealkylation sites (tertiary alicyclic amines) is 2. The van der Waals surface area contributed by atoms with Gasteiger partial charge in [-0.05, 0) is 58.5 Å². The number of hydroxylamine groups is 2. The maximum absolute atomic E-state index is 13.2. The number of amides is 1. The van der Waals surface area contributed by atoms with Gasteiger partial charge in [0.25, 0.3) is 5.91 Å². The molecule has 0 aromatic rings. The fourth-order valence-electron chi connectivity index (χ4n) is 5.97. The number of rotatable bonds is 7. The van der Waals surface area contributed by atoms with Crippen molar-refractivity contribution in [1.29, 1.82) is 0 Å². The van der Waals surface area contributed by atoms with Gasteiger partial charge >= 0.3 is 0 Å². The van der Waals surface area contributed by atoms with Gasteiger partial charge in [0.2, 0.25) is 0 Å². The molecule has 7 heteroatoms. The number of aliphatic hydroxyl groups is 1. The molecule has 4 aliphatic rings. The second kappa shape index (κ2) is 9.22. The Morgan fingerprint density at radius 1 is 1.16 bits per heavy atom. The Morgan fingerprint density at radius 2 is 1.84 bits per heavy atom. The SMILES string of the molecule is C=C1C2=C(C(=O)N1OC)[C@@H](N1CCC(N3CCCC3)CC1)[C@@](C)(O)[C@H](CCCCC)O2. The summed E-state index contributed by atoms with van der Waals surface area (Å²) in [5, 5.41) is 13.0. The predicted molar refractivity (Wildman–Crippen MR) is 119 cm³/mol. The van der Waals surface area contributed by atoms with Crippen LogP contribution in [0.15, 0.2) is 23.6 Å². The molecule has 1 N–H and O–H groups in total. The number of carbonyl (C=O) groups excluding carboxylic acids is 1. The zero-order chi connectivity index (χ0) is 22.2. The van der Waals surface area contributed by atoms with Crippen LogP contribution in [-0.2, 0) is 14.4 Å². The summed E-state index contributed by atoms with van der Waals surface area (Å²) in [5.74, 6) is 0.244. The normalized spacial score (nSPS) is 33.4. The van der Waals surface area contributed by atoms with Gasteiger partial charge in [0, 0.05) is 19.1 Å². The number of piperidine rings is 1. The largest absolute Gasteiger partial charge is 0.485 e. The molecule has 7 nitrogen and oxygen atoms in total. The van der Waals surface area contributed by atoms with Crippen molar-refractivity contribution in [3.8, 4) is 0 Å². The Labute approximate surface area is 186 Å². The first-order valence-electron chi connectivity index (χ1n) is 12.1. The topological polar surface area (TPSA) is 65.5 Å². The van der Waals surface area contributed by atoms with Crippen LogP contribution < -0.4 is 0 Å². The predicted octanol–water partition coefficient (Wildman–Crippen LogP) is 2.82. The molecule has 0 saturated carbocycles. The zero-order valence-corrected chi connectivity index (χ0v) is 19.4. The van der Waals surface area contributed by atoms with E-state index in [4.69, 9.17) is 9.57 Å². The van der Waals surface area contributed by atoms with Gasteiger partial charge in [-0.3, -0.25) is 14.5 Å². The zero-order valence-electron chi connectivity index (χ0n) is 19.4. The first-order valence-corrected chi connectivity index (χ1v) is 12.1. The lowest BCUT2D eigenvalue weighted by Gasteiger charge is -2.50. The van der Waals surface area contributed by atoms with Gasteiger partial charge in [0.1, 0.15) is 17.4 Å². The second-order valence-electron chi connectivity index (χ2n) is 9.71. The van der Waals surface area contributed by atoms with E-state index in [1.165, 1.54) is 38.1 Å². The number of unbranched alkanes of at least 4 members (excludes halogenated alkanes) is 2. The smallest absolute Gasteiger partial charge is 0.283 e. The molecular formula is C24H39N3O4. The molecule has 2 saturated heterocycles. The van der Waals surface area contributed by atoms with Crippen LogP contribution >= 0.6 is 0 Å². The van der Waals surface area contributed by atoms with E-state index in [0.717, 1.165) is 51.6 Å². The average molecular weight is 434 g/mol. The Hall–Kier alpha value is -1.41. The van der Waals surface area contributed by atoms with Crippen LogP contribution in [-0.4, -0.2) is 83.0 Å². The molecule has 4 aliphatic heterocycles. The highest BCUT2D eigenvalue weighted by Gasteiger charge is 2.57. The summed E-state index contributed by atoms with van der Waals surface area (Å²) in [6.07, 6.45) is 8.31. The third kappa shape index (κ3) is 4.06. The number of hydrogen-bond acceptors (Lipinski definition) is 6. The first-order chi connectivity index (χ1) is 14.9. The number of nitrogens with zero attached hydrogens (tertiary/aromatic N) is 3. The van der Waals surface area contributed by atoms with Crippen LogP contribution in [0.5, 0.6) is 0 Å². The molecule has 0 spiro atoms. The fourth-order valence-corrected chi connectivity index (χ4v) is 5.97. The Balaban J connectivity index is 1.59. The number of carbonyl (C=O) groups is 1. The minimum Gasteiger partial charge on any atom is -0.485 e. The van der Waals surface area contributed by atoms with E-state index in [9.17, 15) is 9.90 Å². The summed E-state index contributed by atoms with van der Waals surface area (Å²) in [7, 11) is 1.47. The summed E-state index contributed by atoms with van der Waals surface area (Å²) in [6, 6.07) is 0.203. The minimum atomic E-state index is -1.16. The summed E-state index contributed by atoms with van der Waals surface area (Å²) in [5.41, 5.74) is -0.217. The average Bonchev–Trinajstić information content (AvgIpc) is 3.36. The lowest BCUT2D eigenvalue weighted by molar-refractivity contribution is -0.160. The van der Waals surface area contributed by atoms with Crippen molar-refractivity contribution >= 4 is 5.91 Å². The quantitative estimate of drug-likeness (QED) is 0.623. The fraction of sp³-hybridized carbons (Fsp3) is 0.792. The van der Waals surface area contributed by atoms with Gasteiger partial charge < -0.3 is 14.7 Å². The molecule has 174 valence electrons. The first kappa shape index (κ1) is 22.8. The lowest BCUT2D eigenvalue weighted by atomic mass is 9.78. The summed E-state index contributed by atoms with van der Waals surface area (Å²) in [4.78, 5) is 23.4. The van der Waals surface area contributed by atoms with E-state index in [-0.39, 0.29) is 12.0 Å². The van der Waals surface area contributed by atoms with Crippen molar-refractivity contribution in [2.24, 2.45) is 0 Å². The molecule has 4 heterocycles. The molecule has 0 unspecified atom stereocenters. The van der Waals surface area contributed by atoms with Crippen molar-refractivity contribution in [2.75, 3.05) is 33.3 Å². The van der Waals surface area contributed by atoms with Crippen LogP contribution in [0.2, 0.25) is 0 Å². The third-order valence-corrected chi connectivity index (χ3v) is 7.68. The van der Waals surface area contributed by atoms with Gasteiger partial charge in [-0.1, -0.05) is 26.3 Å². The minimum absolute atomic E-state index is 0.263. The van der Waals surface area contributed by atoms with Crippen LogP contribution in [0.4, 0.5) is 0 Å². The highest BCUT2D eigenvalue weighted by atomic mass is 16.7. The Morgan fingerprint density at radius 3 is 2.45 bits per heavy atom. The molecule has 0 radical (unpaired) electrons. The molecule has 2 fully saturated rings. The van der Waals surface area contributed by atoms with Crippen molar-refractivity contribution in [3.05, 3.63) is 23.6 Å². The van der Waals surface area contributed by atoms with Crippen LogP contribution in [0.3, 0.4) is 0 Å². The Bertz CT molecular complexity index is 720. The highest BCUT2D eigenvalue weighted by Crippen LogP contribution is 2.45. The third-order valence-electron chi connectivity index (χ3n) is 7.68. The van der Waals surface area contributed by atoms with Crippen molar-refractivity contribution in [3.63, 3.8) is 0 Å². The van der Waals surface area contributed by atoms with E-state index < -0.39 is 11.6 Å². The van der Waals surface area contributed by atoms with E-state index in [1.807, 2.05) is 6.92 Å². The van der Waals surface area contributed by atoms with E-state index in [2.05, 4.69) is 23.3 Å². The van der Waals surface area contributed by atoms with Crippen molar-refractivity contribution in [2.45, 2.75) is 89.0 Å². The molecule has 31 heavy (non-hydrogen) atoms. The van der Waals surface area contributed by atoms with Crippen LogP contribution in [0.25, 0.3) is 0 Å². The molecule has 0 aromatic heterocycles. The monoisotopic (exact) mass is 433 g/mol. The van der Waals surface area contributed by atoms with Gasteiger partial charge in [-0.25, -0.2) is 0 Å². The standard InChI is InChI=1S/C24H39N3O4/c1-5-6-7-10-19-24(3,29)22(20-21(31-19)17(2)27(30-4)23(20)28)26-15-11-18(12-16-26)25-13-8-9-14-25/h18-19,22,29H,2,5-16H2,1,3-4H3/t19-,22+,24-/m0/s1. The molecule has 1 amide bonds. The van der Waals surface area contributed by atoms with E-state index >= 15 is 0 Å². The molecule has 4 rings (SSSR count). The van der Waals surface area contributed by atoms with Crippen LogP contribution in [0.1, 0.15) is 65.2 Å². The maximum atomic E-state index is 13.2. The molecular weight excluding hydrogens is 394 g/mol. The lowest BCUT2D eigenvalue weighted by Crippen LogP contribution is -2.63. The van der Waals surface area contributed by atoms with E-state index in [0.29, 0.717) is 23.1 Å². The number of ether oxygens (including phenoxy) is 1. The van der Waals surface area contributed by atoms with Gasteiger partial charge in [-0.2, -0.15) is 5.06 Å². The van der Waals surface area contributed by atoms with Gasteiger partial charge in [0.15, 0.2) is 5.76 Å². The second-order valence-corrected chi connectivity index (χ2v) is 9.71. The highest BCUT2D eigenvalue weighted by molar-refractivity contribution is 6.00.